The summed E-state index contributed by atoms with van der Waals surface area (Å²) >= 11 is 1.87. The first-order valence-electron chi connectivity index (χ1n) is 8.09. The van der Waals surface area contributed by atoms with Crippen LogP contribution in [0.15, 0.2) is 4.52 Å². The van der Waals surface area contributed by atoms with Gasteiger partial charge >= 0.3 is 0 Å². The van der Waals surface area contributed by atoms with Gasteiger partial charge in [-0.25, -0.2) is 0 Å². The van der Waals surface area contributed by atoms with E-state index in [4.69, 9.17) is 4.52 Å². The second kappa shape index (κ2) is 9.46. The number of nitrogens with zero attached hydrogens (tertiary/aromatic N) is 2. The van der Waals surface area contributed by atoms with E-state index in [9.17, 15) is 0 Å². The van der Waals surface area contributed by atoms with E-state index in [2.05, 4.69) is 57.0 Å². The van der Waals surface area contributed by atoms with E-state index in [0.717, 1.165) is 36.2 Å². The van der Waals surface area contributed by atoms with Gasteiger partial charge in [0.25, 0.3) is 0 Å². The van der Waals surface area contributed by atoms with Crippen molar-refractivity contribution >= 4 is 11.8 Å². The Kier molecular flexibility index (Phi) is 8.34. The summed E-state index contributed by atoms with van der Waals surface area (Å²) in [6.45, 7) is 14.3. The molecule has 0 aliphatic rings. The minimum atomic E-state index is 0.271. The van der Waals surface area contributed by atoms with E-state index in [1.165, 1.54) is 0 Å². The lowest BCUT2D eigenvalue weighted by Crippen LogP contribution is -2.35. The zero-order valence-electron chi connectivity index (χ0n) is 14.3. The van der Waals surface area contributed by atoms with E-state index in [1.54, 1.807) is 0 Å². The smallest absolute Gasteiger partial charge is 0.231 e. The molecule has 2 atom stereocenters. The van der Waals surface area contributed by atoms with Crippen molar-refractivity contribution in [2.45, 2.75) is 65.7 Å². The number of thioether (sulfide) groups is 1. The zero-order chi connectivity index (χ0) is 15.8. The number of hydrogen-bond acceptors (Lipinski definition) is 5. The molecule has 21 heavy (non-hydrogen) atoms. The van der Waals surface area contributed by atoms with E-state index in [0.29, 0.717) is 17.9 Å². The van der Waals surface area contributed by atoms with Gasteiger partial charge < -0.3 is 9.84 Å². The highest BCUT2D eigenvalue weighted by molar-refractivity contribution is 7.98. The molecule has 122 valence electrons. The molecule has 0 aliphatic carbocycles. The second-order valence-corrected chi connectivity index (χ2v) is 7.50. The Morgan fingerprint density at radius 1 is 1.19 bits per heavy atom. The maximum Gasteiger partial charge on any atom is 0.231 e. The number of nitrogens with one attached hydrogen (secondary N) is 1. The molecule has 2 unspecified atom stereocenters. The van der Waals surface area contributed by atoms with Gasteiger partial charge in [0.15, 0.2) is 5.82 Å². The summed E-state index contributed by atoms with van der Waals surface area (Å²) in [4.78, 5) is 4.62. The third-order valence-corrected chi connectivity index (χ3v) is 4.79. The molecule has 1 aromatic rings. The molecule has 0 fully saturated rings. The molecule has 0 radical (unpaired) electrons. The molecule has 5 heteroatoms. The molecular formula is C16H31N3OS. The maximum absolute atomic E-state index is 5.53. The quantitative estimate of drug-likeness (QED) is 0.705. The summed E-state index contributed by atoms with van der Waals surface area (Å²) in [5.74, 6) is 5.01. The van der Waals surface area contributed by atoms with Crippen LogP contribution in [0.1, 0.15) is 65.6 Å². The summed E-state index contributed by atoms with van der Waals surface area (Å²) in [5, 5.41) is 7.69. The van der Waals surface area contributed by atoms with Crippen LogP contribution in [-0.4, -0.2) is 28.5 Å². The molecule has 0 aromatic carbocycles. The van der Waals surface area contributed by atoms with Crippen molar-refractivity contribution in [2.24, 2.45) is 11.8 Å². The van der Waals surface area contributed by atoms with Crippen LogP contribution in [0.5, 0.6) is 0 Å². The SMILES string of the molecule is CCCNC(C)C(c1nc(CSCC(C)C)no1)C(C)C. The number of rotatable bonds is 10. The lowest BCUT2D eigenvalue weighted by Gasteiger charge is -2.24. The third kappa shape index (κ3) is 6.39. The minimum Gasteiger partial charge on any atom is -0.339 e. The van der Waals surface area contributed by atoms with Crippen LogP contribution >= 0.6 is 11.8 Å². The normalized spacial score (nSPS) is 14.9. The van der Waals surface area contributed by atoms with Crippen LogP contribution in [0.25, 0.3) is 0 Å². The van der Waals surface area contributed by atoms with E-state index >= 15 is 0 Å². The van der Waals surface area contributed by atoms with Gasteiger partial charge in [-0.1, -0.05) is 39.8 Å². The average molecular weight is 314 g/mol. The third-order valence-electron chi connectivity index (χ3n) is 3.42. The Morgan fingerprint density at radius 3 is 2.48 bits per heavy atom. The molecule has 0 bridgehead atoms. The predicted octanol–water partition coefficient (Wildman–Crippen LogP) is 4.09. The zero-order valence-corrected chi connectivity index (χ0v) is 15.2. The van der Waals surface area contributed by atoms with Gasteiger partial charge in [0, 0.05) is 6.04 Å². The van der Waals surface area contributed by atoms with Crippen molar-refractivity contribution in [3.63, 3.8) is 0 Å². The molecular weight excluding hydrogens is 282 g/mol. The minimum absolute atomic E-state index is 0.271. The number of hydrogen-bond donors (Lipinski definition) is 1. The molecule has 1 heterocycles. The Balaban J connectivity index is 2.65. The average Bonchev–Trinajstić information content (AvgIpc) is 2.84. The van der Waals surface area contributed by atoms with Crippen molar-refractivity contribution in [1.29, 1.82) is 0 Å². The second-order valence-electron chi connectivity index (χ2n) is 6.47. The fraction of sp³-hybridized carbons (Fsp3) is 0.875. The topological polar surface area (TPSA) is 51.0 Å². The van der Waals surface area contributed by atoms with Crippen LogP contribution in [0.2, 0.25) is 0 Å². The van der Waals surface area contributed by atoms with Crippen molar-refractivity contribution < 1.29 is 4.52 Å². The molecule has 1 aromatic heterocycles. The van der Waals surface area contributed by atoms with Gasteiger partial charge in [0.1, 0.15) is 0 Å². The lowest BCUT2D eigenvalue weighted by atomic mass is 9.89. The Morgan fingerprint density at radius 2 is 1.90 bits per heavy atom. The first-order valence-corrected chi connectivity index (χ1v) is 9.24. The summed E-state index contributed by atoms with van der Waals surface area (Å²) in [7, 11) is 0. The first-order chi connectivity index (χ1) is 9.95. The summed E-state index contributed by atoms with van der Waals surface area (Å²) < 4.78 is 5.53. The molecule has 0 spiro atoms. The van der Waals surface area contributed by atoms with Gasteiger partial charge in [-0.15, -0.1) is 0 Å². The molecule has 0 saturated heterocycles. The van der Waals surface area contributed by atoms with Gasteiger partial charge in [-0.2, -0.15) is 16.7 Å². The highest BCUT2D eigenvalue weighted by Crippen LogP contribution is 2.27. The fourth-order valence-electron chi connectivity index (χ4n) is 2.42. The Bertz CT molecular complexity index is 393. The molecule has 1 N–H and O–H groups in total. The van der Waals surface area contributed by atoms with Crippen LogP contribution in [-0.2, 0) is 5.75 Å². The Labute approximate surface area is 133 Å². The largest absolute Gasteiger partial charge is 0.339 e. The first kappa shape index (κ1) is 18.5. The van der Waals surface area contributed by atoms with Gasteiger partial charge in [-0.05, 0) is 37.5 Å². The van der Waals surface area contributed by atoms with E-state index < -0.39 is 0 Å². The molecule has 0 saturated carbocycles. The van der Waals surface area contributed by atoms with Crippen molar-refractivity contribution in [3.8, 4) is 0 Å². The van der Waals surface area contributed by atoms with Crippen LogP contribution in [0, 0.1) is 11.8 Å². The van der Waals surface area contributed by atoms with Crippen LogP contribution in [0.3, 0.4) is 0 Å². The molecule has 4 nitrogen and oxygen atoms in total. The van der Waals surface area contributed by atoms with Crippen LogP contribution < -0.4 is 5.32 Å². The fourth-order valence-corrected chi connectivity index (χ4v) is 3.31. The molecule has 0 aliphatic heterocycles. The van der Waals surface area contributed by atoms with Gasteiger partial charge in [-0.3, -0.25) is 0 Å². The van der Waals surface area contributed by atoms with Gasteiger partial charge in [0.05, 0.1) is 11.7 Å². The van der Waals surface area contributed by atoms with Crippen LogP contribution in [0.4, 0.5) is 0 Å². The lowest BCUT2D eigenvalue weighted by molar-refractivity contribution is 0.279. The number of aromatic nitrogens is 2. The van der Waals surface area contributed by atoms with Crippen molar-refractivity contribution in [2.75, 3.05) is 12.3 Å². The van der Waals surface area contributed by atoms with Crippen molar-refractivity contribution in [1.82, 2.24) is 15.5 Å². The summed E-state index contributed by atoms with van der Waals surface area (Å²) in [6, 6.07) is 0.349. The summed E-state index contributed by atoms with van der Waals surface area (Å²) in [6.07, 6.45) is 1.14. The molecule has 0 amide bonds. The van der Waals surface area contributed by atoms with E-state index in [1.807, 2.05) is 11.8 Å². The highest BCUT2D eigenvalue weighted by atomic mass is 32.2. The monoisotopic (exact) mass is 313 g/mol. The highest BCUT2D eigenvalue weighted by Gasteiger charge is 2.27. The standard InChI is InChI=1S/C16H31N3OS/c1-7-8-17-13(6)15(12(4)5)16-18-14(19-20-16)10-21-9-11(2)3/h11-13,15,17H,7-10H2,1-6H3. The van der Waals surface area contributed by atoms with Gasteiger partial charge in [0.2, 0.25) is 5.89 Å². The van der Waals surface area contributed by atoms with E-state index in [-0.39, 0.29) is 5.92 Å². The molecule has 1 rings (SSSR count). The maximum atomic E-state index is 5.53. The summed E-state index contributed by atoms with van der Waals surface area (Å²) in [5.41, 5.74) is 0. The van der Waals surface area contributed by atoms with Crippen molar-refractivity contribution in [3.05, 3.63) is 11.7 Å². The predicted molar refractivity (Wildman–Crippen MR) is 90.6 cm³/mol. The Hall–Kier alpha value is -0.550.